The molecule has 1 N–H and O–H groups in total. The van der Waals surface area contributed by atoms with Gasteiger partial charge in [-0.05, 0) is 29.3 Å². The summed E-state index contributed by atoms with van der Waals surface area (Å²) in [6.07, 6.45) is -2.82. The van der Waals surface area contributed by atoms with Gasteiger partial charge in [0.2, 0.25) is 0 Å². The first kappa shape index (κ1) is 24.4. The molecule has 0 saturated carbocycles. The zero-order chi connectivity index (χ0) is 24.7. The lowest BCUT2D eigenvalue weighted by molar-refractivity contribution is 0.00241. The maximum absolute atomic E-state index is 14.7. The highest BCUT2D eigenvalue weighted by molar-refractivity contribution is 9.10. The van der Waals surface area contributed by atoms with Crippen molar-refractivity contribution in [2.45, 2.75) is 38.0 Å². The summed E-state index contributed by atoms with van der Waals surface area (Å²) in [5, 5.41) is 7.36. The molecule has 0 radical (unpaired) electrons. The normalized spacial score (nSPS) is 19.5. The first-order valence-corrected chi connectivity index (χ1v) is 11.3. The van der Waals surface area contributed by atoms with E-state index in [2.05, 4.69) is 26.3 Å². The van der Waals surface area contributed by atoms with Crippen LogP contribution in [0.3, 0.4) is 0 Å². The van der Waals surface area contributed by atoms with Crippen molar-refractivity contribution in [3.8, 4) is 0 Å². The van der Waals surface area contributed by atoms with Crippen molar-refractivity contribution in [2.75, 3.05) is 18.5 Å². The van der Waals surface area contributed by atoms with E-state index in [1.54, 1.807) is 6.92 Å². The average molecular weight is 545 g/mol. The van der Waals surface area contributed by atoms with E-state index in [-0.39, 0.29) is 46.3 Å². The average Bonchev–Trinajstić information content (AvgIpc) is 2.79. The van der Waals surface area contributed by atoms with Crippen LogP contribution in [0.2, 0.25) is 0 Å². The van der Waals surface area contributed by atoms with Crippen molar-refractivity contribution in [1.82, 2.24) is 14.3 Å². The number of aryl methyl sites for hydroxylation is 1. The molecule has 12 heteroatoms. The Morgan fingerprint density at radius 2 is 1.94 bits per heavy atom. The molecule has 0 bridgehead atoms. The smallest absolute Gasteiger partial charge is 0.275 e. The van der Waals surface area contributed by atoms with Crippen LogP contribution in [0.25, 0.3) is 10.8 Å². The number of rotatable bonds is 5. The van der Waals surface area contributed by atoms with E-state index in [9.17, 15) is 27.2 Å². The number of ether oxygens (including phenoxy) is 1. The number of pyridine rings is 1. The van der Waals surface area contributed by atoms with Crippen LogP contribution in [0.4, 0.5) is 23.4 Å². The van der Waals surface area contributed by atoms with E-state index in [4.69, 9.17) is 4.74 Å². The highest BCUT2D eigenvalue weighted by Gasteiger charge is 2.30. The summed E-state index contributed by atoms with van der Waals surface area (Å²) in [6.45, 7) is 1.65. The van der Waals surface area contributed by atoms with Crippen LogP contribution in [0.5, 0.6) is 0 Å². The molecule has 3 aromatic rings. The van der Waals surface area contributed by atoms with Crippen molar-refractivity contribution in [3.05, 3.63) is 66.5 Å². The molecule has 1 aliphatic rings. The lowest BCUT2D eigenvalue weighted by Gasteiger charge is -2.28. The largest absolute Gasteiger partial charge is 0.378 e. The van der Waals surface area contributed by atoms with E-state index in [1.165, 1.54) is 29.9 Å². The molecular weight excluding hydrogens is 524 g/mol. The van der Waals surface area contributed by atoms with E-state index < -0.39 is 47.2 Å². The molecule has 1 aliphatic heterocycles. The summed E-state index contributed by atoms with van der Waals surface area (Å²) in [7, 11) is 1.38. The van der Waals surface area contributed by atoms with E-state index in [1.807, 2.05) is 0 Å². The van der Waals surface area contributed by atoms with Gasteiger partial charge in [0.1, 0.15) is 12.0 Å². The summed E-state index contributed by atoms with van der Waals surface area (Å²) in [4.78, 5) is 25.8. The molecule has 0 spiro atoms. The number of benzene rings is 1. The summed E-state index contributed by atoms with van der Waals surface area (Å²) in [5.41, 5.74) is -1.91. The second-order valence-corrected chi connectivity index (χ2v) is 8.88. The lowest BCUT2D eigenvalue weighted by atomic mass is 10.0. The summed E-state index contributed by atoms with van der Waals surface area (Å²) in [5.74, 6) is -0.949. The van der Waals surface area contributed by atoms with Crippen LogP contribution < -0.4 is 16.4 Å². The Hall–Kier alpha value is -2.73. The summed E-state index contributed by atoms with van der Waals surface area (Å²) in [6, 6.07) is 2.06. The zero-order valence-electron chi connectivity index (χ0n) is 18.2. The van der Waals surface area contributed by atoms with Crippen molar-refractivity contribution < 1.29 is 22.3 Å². The van der Waals surface area contributed by atoms with Gasteiger partial charge in [-0.15, -0.1) is 0 Å². The summed E-state index contributed by atoms with van der Waals surface area (Å²) < 4.78 is 62.8. The Bertz CT molecular complexity index is 1360. The second-order valence-electron chi connectivity index (χ2n) is 8.09. The number of fused-ring (bicyclic) bond motifs is 1. The molecule has 1 saturated heterocycles. The number of halogens is 5. The number of anilines is 1. The van der Waals surface area contributed by atoms with Gasteiger partial charge in [-0.1, -0.05) is 18.2 Å². The number of alkyl halides is 3. The van der Waals surface area contributed by atoms with Crippen LogP contribution in [0, 0.1) is 5.82 Å². The molecule has 1 fully saturated rings. The van der Waals surface area contributed by atoms with Gasteiger partial charge in [0.05, 0.1) is 34.1 Å². The standard InChI is InChI=1S/C22H21BrF4N4O3/c1-10(11-4-3-5-12(18(11)25)19(26)27)28-20-13-8-31(15-6-7-34-9-14(15)24)22(33)17(23)16(13)21(32)30(2)29-20/h3-5,8,10,14-15,19H,6-7,9H2,1-2H3,(H,28,29)/t10?,14-,15+/m1/s1. The third kappa shape index (κ3) is 4.24. The fourth-order valence-electron chi connectivity index (χ4n) is 4.11. The Balaban J connectivity index is 1.86. The first-order chi connectivity index (χ1) is 16.1. The molecule has 1 unspecified atom stereocenters. The molecule has 3 heterocycles. The van der Waals surface area contributed by atoms with Crippen LogP contribution >= 0.6 is 15.9 Å². The molecule has 182 valence electrons. The second kappa shape index (κ2) is 9.49. The van der Waals surface area contributed by atoms with Crippen LogP contribution in [-0.4, -0.2) is 33.7 Å². The quantitative estimate of drug-likeness (QED) is 0.481. The first-order valence-electron chi connectivity index (χ1n) is 10.5. The maximum atomic E-state index is 14.7. The number of hydrogen-bond acceptors (Lipinski definition) is 5. The van der Waals surface area contributed by atoms with Crippen molar-refractivity contribution in [1.29, 1.82) is 0 Å². The predicted molar refractivity (Wildman–Crippen MR) is 122 cm³/mol. The van der Waals surface area contributed by atoms with Gasteiger partial charge in [0.15, 0.2) is 5.82 Å². The Morgan fingerprint density at radius 1 is 1.24 bits per heavy atom. The topological polar surface area (TPSA) is 78.2 Å². The van der Waals surface area contributed by atoms with Crippen LogP contribution in [0.15, 0.2) is 38.5 Å². The van der Waals surface area contributed by atoms with Gasteiger partial charge >= 0.3 is 0 Å². The van der Waals surface area contributed by atoms with E-state index in [0.29, 0.717) is 0 Å². The fraction of sp³-hybridized carbons (Fsp3) is 0.409. The Kier molecular flexibility index (Phi) is 6.81. The predicted octanol–water partition coefficient (Wildman–Crippen LogP) is 4.41. The summed E-state index contributed by atoms with van der Waals surface area (Å²) >= 11 is 3.19. The third-order valence-corrected chi connectivity index (χ3v) is 6.65. The van der Waals surface area contributed by atoms with Crippen molar-refractivity contribution in [2.24, 2.45) is 7.05 Å². The highest BCUT2D eigenvalue weighted by Crippen LogP contribution is 2.32. The molecule has 1 aromatic carbocycles. The molecule has 7 nitrogen and oxygen atoms in total. The van der Waals surface area contributed by atoms with Crippen LogP contribution in [0.1, 0.15) is 43.0 Å². The van der Waals surface area contributed by atoms with Gasteiger partial charge < -0.3 is 14.6 Å². The molecule has 34 heavy (non-hydrogen) atoms. The number of nitrogens with zero attached hydrogens (tertiary/aromatic N) is 3. The molecule has 3 atom stereocenters. The Labute approximate surface area is 199 Å². The monoisotopic (exact) mass is 544 g/mol. The third-order valence-electron chi connectivity index (χ3n) is 5.92. The van der Waals surface area contributed by atoms with E-state index >= 15 is 0 Å². The van der Waals surface area contributed by atoms with Gasteiger partial charge in [-0.2, -0.15) is 5.10 Å². The molecule has 4 rings (SSSR count). The minimum atomic E-state index is -2.98. The van der Waals surface area contributed by atoms with Gasteiger partial charge in [-0.25, -0.2) is 22.2 Å². The van der Waals surface area contributed by atoms with Gasteiger partial charge in [-0.3, -0.25) is 9.59 Å². The number of aromatic nitrogens is 3. The van der Waals surface area contributed by atoms with Crippen molar-refractivity contribution >= 4 is 32.5 Å². The van der Waals surface area contributed by atoms with Crippen LogP contribution in [-0.2, 0) is 11.8 Å². The van der Waals surface area contributed by atoms with Crippen molar-refractivity contribution in [3.63, 3.8) is 0 Å². The molecular formula is C22H21BrF4N4O3. The maximum Gasteiger partial charge on any atom is 0.275 e. The number of hydrogen-bond donors (Lipinski definition) is 1. The minimum absolute atomic E-state index is 0.0118. The number of nitrogens with one attached hydrogen (secondary N) is 1. The lowest BCUT2D eigenvalue weighted by Crippen LogP contribution is -2.37. The van der Waals surface area contributed by atoms with Gasteiger partial charge in [0, 0.05) is 30.8 Å². The Morgan fingerprint density at radius 3 is 2.62 bits per heavy atom. The molecule has 2 aromatic heterocycles. The fourth-order valence-corrected chi connectivity index (χ4v) is 4.70. The highest BCUT2D eigenvalue weighted by atomic mass is 79.9. The zero-order valence-corrected chi connectivity index (χ0v) is 19.8. The minimum Gasteiger partial charge on any atom is -0.378 e. The SMILES string of the molecule is CC(Nc1nn(C)c(=O)c2c(Br)c(=O)n([C@H]3CCOC[C@H]3F)cc12)c1cccc(C(F)F)c1F. The molecule has 0 aliphatic carbocycles. The van der Waals surface area contributed by atoms with E-state index in [0.717, 1.165) is 10.7 Å². The van der Waals surface area contributed by atoms with Gasteiger partial charge in [0.25, 0.3) is 17.5 Å². The molecule has 0 amide bonds.